The molecular formula is C16H14ClN3O2S. The van der Waals surface area contributed by atoms with E-state index in [0.29, 0.717) is 9.21 Å². The van der Waals surface area contributed by atoms with E-state index in [1.165, 1.54) is 5.01 Å². The molecule has 2 aromatic rings. The number of aliphatic imine (C=N–C) groups is 1. The van der Waals surface area contributed by atoms with Crippen LogP contribution in [0.15, 0.2) is 47.5 Å². The quantitative estimate of drug-likeness (QED) is 0.837. The standard InChI is InChI=1S/C16H14ClN3O2S/c1-10-14(18-15(21)12-8-9-13(17)23-12)16(22)20(19(10)2)11-6-4-3-5-7-11/h3-10H,1-2H3. The maximum absolute atomic E-state index is 12.7. The van der Waals surface area contributed by atoms with Crippen LogP contribution in [0.25, 0.3) is 0 Å². The molecule has 2 heterocycles. The average molecular weight is 348 g/mol. The van der Waals surface area contributed by atoms with Crippen molar-refractivity contribution in [1.82, 2.24) is 5.01 Å². The van der Waals surface area contributed by atoms with Crippen molar-refractivity contribution < 1.29 is 9.59 Å². The zero-order chi connectivity index (χ0) is 16.6. The topological polar surface area (TPSA) is 53.0 Å². The van der Waals surface area contributed by atoms with Gasteiger partial charge in [0.25, 0.3) is 11.8 Å². The highest BCUT2D eigenvalue weighted by Crippen LogP contribution is 2.26. The Morgan fingerprint density at radius 1 is 1.22 bits per heavy atom. The van der Waals surface area contributed by atoms with E-state index >= 15 is 0 Å². The Kier molecular flexibility index (Phi) is 4.30. The van der Waals surface area contributed by atoms with Crippen LogP contribution in [0.4, 0.5) is 5.69 Å². The molecule has 1 aromatic carbocycles. The van der Waals surface area contributed by atoms with Gasteiger partial charge >= 0.3 is 0 Å². The summed E-state index contributed by atoms with van der Waals surface area (Å²) in [5.41, 5.74) is 0.967. The number of amides is 2. The highest BCUT2D eigenvalue weighted by atomic mass is 35.5. The van der Waals surface area contributed by atoms with E-state index in [-0.39, 0.29) is 17.7 Å². The molecule has 0 radical (unpaired) electrons. The highest BCUT2D eigenvalue weighted by molar-refractivity contribution is 7.18. The fourth-order valence-corrected chi connectivity index (χ4v) is 3.31. The van der Waals surface area contributed by atoms with Crippen molar-refractivity contribution in [3.63, 3.8) is 0 Å². The maximum atomic E-state index is 12.7. The molecule has 1 unspecified atom stereocenters. The summed E-state index contributed by atoms with van der Waals surface area (Å²) >= 11 is 6.99. The maximum Gasteiger partial charge on any atom is 0.289 e. The van der Waals surface area contributed by atoms with Gasteiger partial charge in [-0.05, 0) is 31.2 Å². The summed E-state index contributed by atoms with van der Waals surface area (Å²) in [7, 11) is 1.80. The fraction of sp³-hybridized carbons (Fsp3) is 0.188. The largest absolute Gasteiger partial charge is 0.289 e. The molecular weight excluding hydrogens is 334 g/mol. The first-order valence-corrected chi connectivity index (χ1v) is 8.19. The van der Waals surface area contributed by atoms with Crippen LogP contribution in [-0.4, -0.2) is 35.6 Å². The first-order chi connectivity index (χ1) is 11.0. The number of nitrogens with zero attached hydrogens (tertiary/aromatic N) is 3. The molecule has 1 fully saturated rings. The fourth-order valence-electron chi connectivity index (χ4n) is 2.38. The van der Waals surface area contributed by atoms with Crippen molar-refractivity contribution in [1.29, 1.82) is 0 Å². The predicted octanol–water partition coefficient (Wildman–Crippen LogP) is 3.26. The summed E-state index contributed by atoms with van der Waals surface area (Å²) < 4.78 is 0.516. The van der Waals surface area contributed by atoms with Gasteiger partial charge in [-0.25, -0.2) is 15.0 Å². The third-order valence-corrected chi connectivity index (χ3v) is 4.91. The first-order valence-electron chi connectivity index (χ1n) is 6.99. The molecule has 23 heavy (non-hydrogen) atoms. The Morgan fingerprint density at radius 2 is 1.91 bits per heavy atom. The minimum atomic E-state index is -0.444. The Hall–Kier alpha value is -2.02. The third-order valence-electron chi connectivity index (χ3n) is 3.69. The minimum Gasteiger partial charge on any atom is -0.266 e. The Morgan fingerprint density at radius 3 is 2.52 bits per heavy atom. The zero-order valence-corrected chi connectivity index (χ0v) is 14.1. The van der Waals surface area contributed by atoms with Crippen LogP contribution in [0, 0.1) is 0 Å². The lowest BCUT2D eigenvalue weighted by atomic mass is 10.2. The first kappa shape index (κ1) is 15.9. The molecule has 1 aromatic heterocycles. The number of benzene rings is 1. The predicted molar refractivity (Wildman–Crippen MR) is 92.2 cm³/mol. The van der Waals surface area contributed by atoms with Gasteiger partial charge in [-0.1, -0.05) is 29.8 Å². The number of hydrogen-bond acceptors (Lipinski definition) is 4. The summed E-state index contributed by atoms with van der Waals surface area (Å²) in [6.07, 6.45) is 0. The van der Waals surface area contributed by atoms with Crippen LogP contribution in [-0.2, 0) is 4.79 Å². The summed E-state index contributed by atoms with van der Waals surface area (Å²) in [6, 6.07) is 12.2. The molecule has 1 atom stereocenters. The molecule has 1 aliphatic heterocycles. The number of thiophene rings is 1. The van der Waals surface area contributed by atoms with Gasteiger partial charge in [-0.3, -0.25) is 9.59 Å². The van der Waals surface area contributed by atoms with Gasteiger partial charge in [0, 0.05) is 7.05 Å². The molecule has 1 aliphatic rings. The number of rotatable bonds is 2. The number of para-hydroxylation sites is 1. The number of carbonyl (C=O) groups excluding carboxylic acids is 2. The molecule has 0 spiro atoms. The monoisotopic (exact) mass is 347 g/mol. The SMILES string of the molecule is CC1C(=NC(=O)c2ccc(Cl)s2)C(=O)N(c2ccccc2)N1C. The lowest BCUT2D eigenvalue weighted by molar-refractivity contribution is -0.113. The second kappa shape index (κ2) is 6.23. The lowest BCUT2D eigenvalue weighted by Crippen LogP contribution is -2.38. The number of carbonyl (C=O) groups is 2. The molecule has 0 bridgehead atoms. The number of hydrogen-bond donors (Lipinski definition) is 0. The van der Waals surface area contributed by atoms with Crippen LogP contribution in [0.5, 0.6) is 0 Å². The second-order valence-corrected chi connectivity index (χ2v) is 6.82. The van der Waals surface area contributed by atoms with Crippen LogP contribution in [0.1, 0.15) is 16.6 Å². The lowest BCUT2D eigenvalue weighted by Gasteiger charge is -2.25. The molecule has 0 N–H and O–H groups in total. The van der Waals surface area contributed by atoms with Crippen molar-refractivity contribution in [2.45, 2.75) is 13.0 Å². The van der Waals surface area contributed by atoms with Crippen molar-refractivity contribution in [3.05, 3.63) is 51.7 Å². The molecule has 3 rings (SSSR count). The van der Waals surface area contributed by atoms with Crippen molar-refractivity contribution in [3.8, 4) is 0 Å². The molecule has 1 saturated heterocycles. The summed E-state index contributed by atoms with van der Waals surface area (Å²) in [5.74, 6) is -0.734. The van der Waals surface area contributed by atoms with E-state index in [1.54, 1.807) is 24.2 Å². The Labute approximate surface area is 142 Å². The molecule has 0 saturated carbocycles. The molecule has 5 nitrogen and oxygen atoms in total. The third kappa shape index (κ3) is 2.93. The van der Waals surface area contributed by atoms with Gasteiger partial charge in [0.1, 0.15) is 5.71 Å². The van der Waals surface area contributed by atoms with Gasteiger partial charge in [0.2, 0.25) is 0 Å². The zero-order valence-electron chi connectivity index (χ0n) is 12.6. The van der Waals surface area contributed by atoms with Crippen LogP contribution >= 0.6 is 22.9 Å². The second-order valence-electron chi connectivity index (χ2n) is 5.11. The van der Waals surface area contributed by atoms with E-state index in [1.807, 2.05) is 37.3 Å². The number of anilines is 1. The summed E-state index contributed by atoms with van der Waals surface area (Å²) in [5, 5.41) is 3.30. The van der Waals surface area contributed by atoms with Gasteiger partial charge in [0.05, 0.1) is 20.9 Å². The normalized spacial score (nSPS) is 20.5. The number of halogens is 1. The minimum absolute atomic E-state index is 0.228. The van der Waals surface area contributed by atoms with E-state index in [9.17, 15) is 9.59 Å². The van der Waals surface area contributed by atoms with E-state index < -0.39 is 5.91 Å². The van der Waals surface area contributed by atoms with Crippen molar-refractivity contribution in [2.24, 2.45) is 4.99 Å². The average Bonchev–Trinajstić information content (AvgIpc) is 3.06. The Bertz CT molecular complexity index is 788. The van der Waals surface area contributed by atoms with E-state index in [4.69, 9.17) is 11.6 Å². The molecule has 7 heteroatoms. The van der Waals surface area contributed by atoms with Gasteiger partial charge < -0.3 is 0 Å². The van der Waals surface area contributed by atoms with Gasteiger partial charge in [-0.15, -0.1) is 11.3 Å². The summed E-state index contributed by atoms with van der Waals surface area (Å²) in [6.45, 7) is 1.84. The van der Waals surface area contributed by atoms with Crippen LogP contribution in [0.2, 0.25) is 4.34 Å². The van der Waals surface area contributed by atoms with Crippen LogP contribution in [0.3, 0.4) is 0 Å². The summed E-state index contributed by atoms with van der Waals surface area (Å²) in [4.78, 5) is 29.4. The van der Waals surface area contributed by atoms with Gasteiger partial charge in [-0.2, -0.15) is 0 Å². The van der Waals surface area contributed by atoms with E-state index in [2.05, 4.69) is 4.99 Å². The molecule has 118 valence electrons. The Balaban J connectivity index is 1.93. The molecule has 0 aliphatic carbocycles. The van der Waals surface area contributed by atoms with Crippen LogP contribution < -0.4 is 5.01 Å². The van der Waals surface area contributed by atoms with Crippen molar-refractivity contribution in [2.75, 3.05) is 12.1 Å². The highest BCUT2D eigenvalue weighted by Gasteiger charge is 2.40. The van der Waals surface area contributed by atoms with Crippen molar-refractivity contribution >= 4 is 46.2 Å². The van der Waals surface area contributed by atoms with E-state index in [0.717, 1.165) is 17.0 Å². The van der Waals surface area contributed by atoms with Gasteiger partial charge in [0.15, 0.2) is 0 Å². The number of hydrazine groups is 1. The smallest absolute Gasteiger partial charge is 0.266 e. The molecule has 2 amide bonds.